The molecule has 0 saturated carbocycles. The van der Waals surface area contributed by atoms with E-state index in [1.165, 1.54) is 17.0 Å². The number of aliphatic hydroxyl groups is 1. The van der Waals surface area contributed by atoms with Gasteiger partial charge >= 0.3 is 0 Å². The van der Waals surface area contributed by atoms with Crippen molar-refractivity contribution in [2.75, 3.05) is 53.4 Å². The lowest BCUT2D eigenvalue weighted by Gasteiger charge is -2.34. The highest BCUT2D eigenvalue weighted by molar-refractivity contribution is 5.78. The Hall–Kier alpha value is -1.50. The SMILES string of the molecule is CN1CCN(CC(O)CN(C)C(=O)Cc2cccc(F)c2)CC1. The van der Waals surface area contributed by atoms with Crippen LogP contribution >= 0.6 is 0 Å². The van der Waals surface area contributed by atoms with Gasteiger partial charge < -0.3 is 14.9 Å². The van der Waals surface area contributed by atoms with Crippen LogP contribution in [-0.2, 0) is 11.2 Å². The Balaban J connectivity index is 1.76. The maximum Gasteiger partial charge on any atom is 0.226 e. The van der Waals surface area contributed by atoms with Gasteiger partial charge in [0.25, 0.3) is 0 Å². The molecule has 1 amide bonds. The first-order chi connectivity index (χ1) is 10.9. The second kappa shape index (κ2) is 8.38. The lowest BCUT2D eigenvalue weighted by molar-refractivity contribution is -0.130. The van der Waals surface area contributed by atoms with Crippen LogP contribution < -0.4 is 0 Å². The van der Waals surface area contributed by atoms with E-state index in [-0.39, 0.29) is 18.1 Å². The first-order valence-corrected chi connectivity index (χ1v) is 8.01. The monoisotopic (exact) mass is 323 g/mol. The fourth-order valence-corrected chi connectivity index (χ4v) is 2.76. The molecule has 0 bridgehead atoms. The zero-order chi connectivity index (χ0) is 16.8. The molecule has 0 radical (unpaired) electrons. The third-order valence-electron chi connectivity index (χ3n) is 4.22. The zero-order valence-electron chi connectivity index (χ0n) is 13.9. The second-order valence-corrected chi connectivity index (χ2v) is 6.34. The molecule has 5 nitrogen and oxygen atoms in total. The Morgan fingerprint density at radius 1 is 1.35 bits per heavy atom. The van der Waals surface area contributed by atoms with Gasteiger partial charge in [0, 0.05) is 46.3 Å². The van der Waals surface area contributed by atoms with E-state index >= 15 is 0 Å². The minimum atomic E-state index is -0.570. The Bertz CT molecular complexity index is 518. The average Bonchev–Trinajstić information content (AvgIpc) is 2.49. The lowest BCUT2D eigenvalue weighted by Crippen LogP contribution is -2.49. The maximum absolute atomic E-state index is 13.1. The number of β-amino-alcohol motifs (C(OH)–C–C–N with tert-alkyl or cyclic N) is 1. The largest absolute Gasteiger partial charge is 0.390 e. The van der Waals surface area contributed by atoms with Crippen LogP contribution in [0.2, 0.25) is 0 Å². The summed E-state index contributed by atoms with van der Waals surface area (Å²) in [6.07, 6.45) is -0.421. The molecule has 0 aromatic heterocycles. The van der Waals surface area contributed by atoms with E-state index in [1.54, 1.807) is 19.2 Å². The quantitative estimate of drug-likeness (QED) is 0.825. The first-order valence-electron chi connectivity index (χ1n) is 8.01. The Morgan fingerprint density at radius 3 is 2.70 bits per heavy atom. The molecule has 128 valence electrons. The number of rotatable bonds is 6. The van der Waals surface area contributed by atoms with Crippen LogP contribution in [0.15, 0.2) is 24.3 Å². The fraction of sp³-hybridized carbons (Fsp3) is 0.588. The predicted octanol–water partition coefficient (Wildman–Crippen LogP) is 0.435. The van der Waals surface area contributed by atoms with Gasteiger partial charge in [-0.3, -0.25) is 9.69 Å². The second-order valence-electron chi connectivity index (χ2n) is 6.34. The molecular weight excluding hydrogens is 297 g/mol. The van der Waals surface area contributed by atoms with Crippen molar-refractivity contribution < 1.29 is 14.3 Å². The molecular formula is C17H26FN3O2. The molecule has 1 fully saturated rings. The van der Waals surface area contributed by atoms with E-state index in [1.807, 2.05) is 0 Å². The molecule has 0 spiro atoms. The van der Waals surface area contributed by atoms with E-state index in [0.717, 1.165) is 26.2 Å². The summed E-state index contributed by atoms with van der Waals surface area (Å²) >= 11 is 0. The van der Waals surface area contributed by atoms with Gasteiger partial charge in [-0.15, -0.1) is 0 Å². The van der Waals surface area contributed by atoms with E-state index in [9.17, 15) is 14.3 Å². The molecule has 1 N–H and O–H groups in total. The van der Waals surface area contributed by atoms with Gasteiger partial charge in [-0.1, -0.05) is 12.1 Å². The van der Waals surface area contributed by atoms with Crippen molar-refractivity contribution in [1.82, 2.24) is 14.7 Å². The number of hydrogen-bond donors (Lipinski definition) is 1. The molecule has 1 aliphatic heterocycles. The number of amides is 1. The standard InChI is InChI=1S/C17H26FN3O2/c1-19-6-8-21(9-7-19)13-16(22)12-20(2)17(23)11-14-4-3-5-15(18)10-14/h3-5,10,16,22H,6-9,11-13H2,1-2H3. The van der Waals surface area contributed by atoms with E-state index in [2.05, 4.69) is 16.8 Å². The summed E-state index contributed by atoms with van der Waals surface area (Å²) in [5.74, 6) is -0.457. The number of piperazine rings is 1. The van der Waals surface area contributed by atoms with Gasteiger partial charge in [-0.25, -0.2) is 4.39 Å². The molecule has 1 heterocycles. The van der Waals surface area contributed by atoms with Crippen molar-refractivity contribution in [2.24, 2.45) is 0 Å². The summed E-state index contributed by atoms with van der Waals surface area (Å²) in [5.41, 5.74) is 0.649. The van der Waals surface area contributed by atoms with Crippen LogP contribution in [0.1, 0.15) is 5.56 Å². The molecule has 23 heavy (non-hydrogen) atoms. The van der Waals surface area contributed by atoms with E-state index in [4.69, 9.17) is 0 Å². The number of nitrogens with zero attached hydrogens (tertiary/aromatic N) is 3. The predicted molar refractivity (Wildman–Crippen MR) is 87.7 cm³/mol. The van der Waals surface area contributed by atoms with Crippen LogP contribution in [-0.4, -0.2) is 85.2 Å². The van der Waals surface area contributed by atoms with Gasteiger partial charge in [-0.2, -0.15) is 0 Å². The summed E-state index contributed by atoms with van der Waals surface area (Å²) in [6, 6.07) is 6.06. The number of benzene rings is 1. The van der Waals surface area contributed by atoms with Gasteiger partial charge in [0.05, 0.1) is 12.5 Å². The molecule has 1 aromatic carbocycles. The van der Waals surface area contributed by atoms with Crippen LogP contribution in [0.4, 0.5) is 4.39 Å². The molecule has 0 aliphatic carbocycles. The number of hydrogen-bond acceptors (Lipinski definition) is 4. The van der Waals surface area contributed by atoms with Crippen molar-refractivity contribution in [3.05, 3.63) is 35.6 Å². The molecule has 1 atom stereocenters. The fourth-order valence-electron chi connectivity index (χ4n) is 2.76. The highest BCUT2D eigenvalue weighted by Crippen LogP contribution is 2.07. The highest BCUT2D eigenvalue weighted by atomic mass is 19.1. The number of likely N-dealkylation sites (N-methyl/N-ethyl adjacent to an activating group) is 2. The van der Waals surface area contributed by atoms with Crippen molar-refractivity contribution in [1.29, 1.82) is 0 Å². The minimum absolute atomic E-state index is 0.118. The topological polar surface area (TPSA) is 47.0 Å². The number of aliphatic hydroxyl groups excluding tert-OH is 1. The van der Waals surface area contributed by atoms with Gasteiger partial charge in [0.15, 0.2) is 0 Å². The Labute approximate surface area is 137 Å². The normalized spacial score (nSPS) is 17.9. The summed E-state index contributed by atoms with van der Waals surface area (Å²) in [6.45, 7) is 4.75. The smallest absolute Gasteiger partial charge is 0.226 e. The van der Waals surface area contributed by atoms with Crippen molar-refractivity contribution in [3.8, 4) is 0 Å². The number of carbonyl (C=O) groups excluding carboxylic acids is 1. The van der Waals surface area contributed by atoms with Gasteiger partial charge in [0.2, 0.25) is 5.91 Å². The highest BCUT2D eigenvalue weighted by Gasteiger charge is 2.19. The maximum atomic E-state index is 13.1. The third kappa shape index (κ3) is 5.89. The van der Waals surface area contributed by atoms with Crippen LogP contribution in [0.5, 0.6) is 0 Å². The number of carbonyl (C=O) groups is 1. The van der Waals surface area contributed by atoms with Crippen molar-refractivity contribution >= 4 is 5.91 Å². The van der Waals surface area contributed by atoms with Crippen molar-refractivity contribution in [3.63, 3.8) is 0 Å². The lowest BCUT2D eigenvalue weighted by atomic mass is 10.1. The Kier molecular flexibility index (Phi) is 6.50. The van der Waals surface area contributed by atoms with E-state index < -0.39 is 6.10 Å². The van der Waals surface area contributed by atoms with Gasteiger partial charge in [0.1, 0.15) is 5.82 Å². The molecule has 1 aliphatic rings. The summed E-state index contributed by atoms with van der Waals surface area (Å²) in [4.78, 5) is 18.2. The average molecular weight is 323 g/mol. The summed E-state index contributed by atoms with van der Waals surface area (Å²) in [7, 11) is 3.77. The zero-order valence-corrected chi connectivity index (χ0v) is 13.9. The summed E-state index contributed by atoms with van der Waals surface area (Å²) in [5, 5.41) is 10.2. The summed E-state index contributed by atoms with van der Waals surface area (Å²) < 4.78 is 13.1. The van der Waals surface area contributed by atoms with E-state index in [0.29, 0.717) is 18.7 Å². The molecule has 1 aromatic rings. The molecule has 1 saturated heterocycles. The first kappa shape index (κ1) is 17.8. The minimum Gasteiger partial charge on any atom is -0.390 e. The van der Waals surface area contributed by atoms with Crippen molar-refractivity contribution in [2.45, 2.75) is 12.5 Å². The third-order valence-corrected chi connectivity index (χ3v) is 4.22. The Morgan fingerprint density at radius 2 is 2.04 bits per heavy atom. The number of halogens is 1. The molecule has 2 rings (SSSR count). The van der Waals surface area contributed by atoms with Crippen LogP contribution in [0.25, 0.3) is 0 Å². The van der Waals surface area contributed by atoms with Crippen LogP contribution in [0.3, 0.4) is 0 Å². The molecule has 1 unspecified atom stereocenters. The van der Waals surface area contributed by atoms with Crippen LogP contribution in [0, 0.1) is 5.82 Å². The molecule has 6 heteroatoms. The van der Waals surface area contributed by atoms with Gasteiger partial charge in [-0.05, 0) is 24.7 Å².